The highest BCUT2D eigenvalue weighted by atomic mass is 32.1. The molecule has 1 aliphatic rings. The summed E-state index contributed by atoms with van der Waals surface area (Å²) in [6.45, 7) is 5.54. The Morgan fingerprint density at radius 2 is 1.77 bits per heavy atom. The molecule has 0 radical (unpaired) electrons. The lowest BCUT2D eigenvalue weighted by Crippen LogP contribution is -2.36. The molecular formula is C23H22N4O3S. The van der Waals surface area contributed by atoms with E-state index in [4.69, 9.17) is 14.6 Å². The van der Waals surface area contributed by atoms with Crippen molar-refractivity contribution in [2.75, 3.05) is 37.8 Å². The number of carbonyl (C=O) groups is 1. The number of hydrogen-bond donors (Lipinski definition) is 0. The summed E-state index contributed by atoms with van der Waals surface area (Å²) in [5, 5.41) is 5.71. The van der Waals surface area contributed by atoms with Crippen molar-refractivity contribution < 1.29 is 14.3 Å². The zero-order valence-electron chi connectivity index (χ0n) is 17.2. The number of imidazole rings is 1. The van der Waals surface area contributed by atoms with Crippen molar-refractivity contribution in [3.05, 3.63) is 60.3 Å². The summed E-state index contributed by atoms with van der Waals surface area (Å²) in [4.78, 5) is 19.6. The Hall–Kier alpha value is -3.23. The molecule has 8 heteroatoms. The largest absolute Gasteiger partial charge is 0.462 e. The number of aromatic nitrogens is 3. The molecule has 31 heavy (non-hydrogen) atoms. The first kappa shape index (κ1) is 19.7. The minimum atomic E-state index is -0.316. The van der Waals surface area contributed by atoms with Crippen LogP contribution in [-0.4, -0.2) is 53.5 Å². The van der Waals surface area contributed by atoms with Crippen LogP contribution >= 0.6 is 11.3 Å². The fourth-order valence-electron chi connectivity index (χ4n) is 3.63. The maximum absolute atomic E-state index is 11.9. The van der Waals surface area contributed by atoms with Crippen LogP contribution in [0.4, 0.5) is 5.69 Å². The first-order valence-electron chi connectivity index (χ1n) is 10.3. The van der Waals surface area contributed by atoms with Crippen LogP contribution in [0.15, 0.2) is 54.7 Å². The van der Waals surface area contributed by atoms with Crippen LogP contribution in [-0.2, 0) is 9.47 Å². The molecule has 0 amide bonds. The number of morpholine rings is 1. The molecule has 3 heterocycles. The minimum absolute atomic E-state index is 0.316. The van der Waals surface area contributed by atoms with E-state index < -0.39 is 0 Å². The number of ether oxygens (including phenoxy) is 2. The Balaban J connectivity index is 1.40. The lowest BCUT2D eigenvalue weighted by Gasteiger charge is -2.28. The Bertz CT molecular complexity index is 1190. The van der Waals surface area contributed by atoms with Gasteiger partial charge in [0.1, 0.15) is 5.01 Å². The standard InChI is InChI=1S/C23H22N4O3S/c1-2-30-22(28)18-5-3-16(4-6-18)20-15-24-23-27(20)25-21(31-23)17-7-9-19(10-8-17)26-11-13-29-14-12-26/h3-10,15H,2,11-14H2,1H3. The predicted molar refractivity (Wildman–Crippen MR) is 121 cm³/mol. The third kappa shape index (κ3) is 3.92. The molecule has 2 aromatic carbocycles. The number of anilines is 1. The molecule has 0 N–H and O–H groups in total. The molecule has 1 aliphatic heterocycles. The monoisotopic (exact) mass is 434 g/mol. The molecule has 0 saturated carbocycles. The van der Waals surface area contributed by atoms with E-state index in [1.165, 1.54) is 5.69 Å². The quantitative estimate of drug-likeness (QED) is 0.440. The van der Waals surface area contributed by atoms with Gasteiger partial charge in [-0.3, -0.25) is 0 Å². The maximum Gasteiger partial charge on any atom is 0.338 e. The van der Waals surface area contributed by atoms with Crippen LogP contribution in [0, 0.1) is 0 Å². The highest BCUT2D eigenvalue weighted by Gasteiger charge is 2.15. The summed E-state index contributed by atoms with van der Waals surface area (Å²) in [5.41, 5.74) is 4.63. The molecule has 0 atom stereocenters. The second kappa shape index (κ2) is 8.49. The first-order chi connectivity index (χ1) is 15.2. The third-order valence-electron chi connectivity index (χ3n) is 5.27. The second-order valence-electron chi connectivity index (χ2n) is 7.19. The van der Waals surface area contributed by atoms with Crippen LogP contribution in [0.1, 0.15) is 17.3 Å². The van der Waals surface area contributed by atoms with Gasteiger partial charge in [0, 0.05) is 29.9 Å². The molecule has 5 rings (SSSR count). The molecule has 7 nitrogen and oxygen atoms in total. The van der Waals surface area contributed by atoms with Crippen molar-refractivity contribution in [1.82, 2.24) is 14.6 Å². The van der Waals surface area contributed by atoms with Gasteiger partial charge in [0.05, 0.1) is 37.3 Å². The van der Waals surface area contributed by atoms with Gasteiger partial charge in [-0.2, -0.15) is 5.10 Å². The Labute approximate surface area is 183 Å². The van der Waals surface area contributed by atoms with Gasteiger partial charge in [-0.25, -0.2) is 14.3 Å². The minimum Gasteiger partial charge on any atom is -0.462 e. The second-order valence-corrected chi connectivity index (χ2v) is 8.15. The van der Waals surface area contributed by atoms with Crippen molar-refractivity contribution in [3.8, 4) is 21.8 Å². The summed E-state index contributed by atoms with van der Waals surface area (Å²) in [7, 11) is 0. The summed E-state index contributed by atoms with van der Waals surface area (Å²) < 4.78 is 12.3. The molecule has 4 aromatic rings. The summed E-state index contributed by atoms with van der Waals surface area (Å²) in [6, 6.07) is 15.8. The summed E-state index contributed by atoms with van der Waals surface area (Å²) in [6.07, 6.45) is 1.81. The van der Waals surface area contributed by atoms with E-state index in [0.29, 0.717) is 12.2 Å². The summed E-state index contributed by atoms with van der Waals surface area (Å²) in [5.74, 6) is -0.316. The van der Waals surface area contributed by atoms with Crippen LogP contribution in [0.25, 0.3) is 26.8 Å². The SMILES string of the molecule is CCOC(=O)c1ccc(-c2cnc3sc(-c4ccc(N5CCOCC5)cc4)nn23)cc1. The number of fused-ring (bicyclic) bond motifs is 1. The number of benzene rings is 2. The van der Waals surface area contributed by atoms with Crippen molar-refractivity contribution >= 4 is 28.0 Å². The van der Waals surface area contributed by atoms with Gasteiger partial charge in [0.15, 0.2) is 0 Å². The smallest absolute Gasteiger partial charge is 0.338 e. The van der Waals surface area contributed by atoms with Crippen LogP contribution < -0.4 is 4.90 Å². The van der Waals surface area contributed by atoms with E-state index in [-0.39, 0.29) is 5.97 Å². The van der Waals surface area contributed by atoms with Gasteiger partial charge in [0.2, 0.25) is 4.96 Å². The van der Waals surface area contributed by atoms with Crippen molar-refractivity contribution in [1.29, 1.82) is 0 Å². The average molecular weight is 435 g/mol. The molecule has 2 aromatic heterocycles. The van der Waals surface area contributed by atoms with Gasteiger partial charge in [-0.05, 0) is 43.3 Å². The molecule has 1 fully saturated rings. The molecule has 0 bridgehead atoms. The van der Waals surface area contributed by atoms with Crippen LogP contribution in [0.2, 0.25) is 0 Å². The topological polar surface area (TPSA) is 69.0 Å². The summed E-state index contributed by atoms with van der Waals surface area (Å²) >= 11 is 1.55. The van der Waals surface area contributed by atoms with Crippen molar-refractivity contribution in [2.24, 2.45) is 0 Å². The zero-order valence-corrected chi connectivity index (χ0v) is 18.0. The van der Waals surface area contributed by atoms with E-state index in [2.05, 4.69) is 34.1 Å². The molecule has 1 saturated heterocycles. The normalized spacial score (nSPS) is 14.2. The fourth-order valence-corrected chi connectivity index (χ4v) is 4.51. The highest BCUT2D eigenvalue weighted by molar-refractivity contribution is 7.19. The Morgan fingerprint density at radius 3 is 2.48 bits per heavy atom. The molecule has 0 spiro atoms. The van der Waals surface area contributed by atoms with Gasteiger partial charge in [0.25, 0.3) is 0 Å². The Kier molecular flexibility index (Phi) is 5.40. The maximum atomic E-state index is 11.9. The predicted octanol–water partition coefficient (Wildman–Crippen LogP) is 4.14. The number of esters is 1. The van der Waals surface area contributed by atoms with E-state index in [1.807, 2.05) is 22.8 Å². The average Bonchev–Trinajstić information content (AvgIpc) is 3.41. The third-order valence-corrected chi connectivity index (χ3v) is 6.24. The molecule has 0 unspecified atom stereocenters. The fraction of sp³-hybridized carbons (Fsp3) is 0.261. The highest BCUT2D eigenvalue weighted by Crippen LogP contribution is 2.30. The molecule has 0 aliphatic carbocycles. The van der Waals surface area contributed by atoms with Crippen molar-refractivity contribution in [3.63, 3.8) is 0 Å². The number of hydrogen-bond acceptors (Lipinski definition) is 7. The lowest BCUT2D eigenvalue weighted by molar-refractivity contribution is 0.0526. The van der Waals surface area contributed by atoms with Gasteiger partial charge < -0.3 is 14.4 Å². The zero-order chi connectivity index (χ0) is 21.2. The van der Waals surface area contributed by atoms with E-state index in [9.17, 15) is 4.79 Å². The molecular weight excluding hydrogens is 412 g/mol. The van der Waals surface area contributed by atoms with Gasteiger partial charge in [-0.15, -0.1) is 0 Å². The van der Waals surface area contributed by atoms with Crippen LogP contribution in [0.5, 0.6) is 0 Å². The van der Waals surface area contributed by atoms with Crippen LogP contribution in [0.3, 0.4) is 0 Å². The van der Waals surface area contributed by atoms with Crippen molar-refractivity contribution in [2.45, 2.75) is 6.92 Å². The van der Waals surface area contributed by atoms with E-state index >= 15 is 0 Å². The number of nitrogens with zero attached hydrogens (tertiary/aromatic N) is 4. The lowest BCUT2D eigenvalue weighted by atomic mass is 10.1. The van der Waals surface area contributed by atoms with E-state index in [0.717, 1.165) is 53.1 Å². The molecule has 158 valence electrons. The van der Waals surface area contributed by atoms with Gasteiger partial charge in [-0.1, -0.05) is 23.5 Å². The Morgan fingerprint density at radius 1 is 1.06 bits per heavy atom. The number of carbonyl (C=O) groups excluding carboxylic acids is 1. The van der Waals surface area contributed by atoms with E-state index in [1.54, 1.807) is 30.4 Å². The van der Waals surface area contributed by atoms with Gasteiger partial charge >= 0.3 is 5.97 Å². The first-order valence-corrected chi connectivity index (χ1v) is 11.1. The number of rotatable bonds is 5.